The van der Waals surface area contributed by atoms with Crippen molar-refractivity contribution in [2.75, 3.05) is 0 Å². The van der Waals surface area contributed by atoms with Crippen LogP contribution in [0.5, 0.6) is 0 Å². The van der Waals surface area contributed by atoms with Crippen molar-refractivity contribution in [1.29, 1.82) is 0 Å². The highest BCUT2D eigenvalue weighted by Gasteiger charge is 2.12. The third-order valence-electron chi connectivity index (χ3n) is 4.13. The molecule has 1 aromatic heterocycles. The molecular weight excluding hydrogens is 310 g/mol. The van der Waals surface area contributed by atoms with E-state index in [0.29, 0.717) is 5.56 Å². The minimum Gasteiger partial charge on any atom is -0.356 e. The Morgan fingerprint density at radius 3 is 2.12 bits per heavy atom. The van der Waals surface area contributed by atoms with E-state index in [4.69, 9.17) is 4.52 Å². The second kappa shape index (κ2) is 6.57. The lowest BCUT2D eigenvalue weighted by atomic mass is 9.96. The van der Waals surface area contributed by atoms with E-state index in [2.05, 4.69) is 5.16 Å². The maximum absolute atomic E-state index is 10.9. The highest BCUT2D eigenvalue weighted by atomic mass is 16.5. The Balaban J connectivity index is 1.76. The molecule has 25 heavy (non-hydrogen) atoms. The lowest BCUT2D eigenvalue weighted by molar-refractivity contribution is 0.112. The van der Waals surface area contributed by atoms with Crippen molar-refractivity contribution in [2.45, 2.75) is 0 Å². The van der Waals surface area contributed by atoms with Crippen LogP contribution in [-0.2, 0) is 0 Å². The molecule has 0 aliphatic carbocycles. The highest BCUT2D eigenvalue weighted by molar-refractivity contribution is 5.84. The predicted molar refractivity (Wildman–Crippen MR) is 98.2 cm³/mol. The average Bonchev–Trinajstić information content (AvgIpc) is 3.19. The third kappa shape index (κ3) is 3.00. The molecule has 3 nitrogen and oxygen atoms in total. The number of rotatable bonds is 4. The first-order valence-corrected chi connectivity index (χ1v) is 8.02. The van der Waals surface area contributed by atoms with Gasteiger partial charge in [-0.3, -0.25) is 4.79 Å². The number of benzene rings is 3. The van der Waals surface area contributed by atoms with Gasteiger partial charge in [-0.2, -0.15) is 0 Å². The van der Waals surface area contributed by atoms with Gasteiger partial charge < -0.3 is 4.52 Å². The van der Waals surface area contributed by atoms with Gasteiger partial charge >= 0.3 is 0 Å². The van der Waals surface area contributed by atoms with Crippen LogP contribution < -0.4 is 0 Å². The fraction of sp³-hybridized carbons (Fsp3) is 0. The van der Waals surface area contributed by atoms with Gasteiger partial charge in [-0.15, -0.1) is 0 Å². The Bertz CT molecular complexity index is 1000. The van der Waals surface area contributed by atoms with Gasteiger partial charge in [0.25, 0.3) is 0 Å². The first kappa shape index (κ1) is 15.1. The topological polar surface area (TPSA) is 43.1 Å². The summed E-state index contributed by atoms with van der Waals surface area (Å²) in [6.45, 7) is 0. The van der Waals surface area contributed by atoms with Gasteiger partial charge in [0.1, 0.15) is 12.0 Å². The van der Waals surface area contributed by atoms with Crippen LogP contribution >= 0.6 is 0 Å². The Morgan fingerprint density at radius 1 is 0.720 bits per heavy atom. The molecule has 4 rings (SSSR count). The summed E-state index contributed by atoms with van der Waals surface area (Å²) in [5.41, 5.74) is 5.52. The molecule has 120 valence electrons. The van der Waals surface area contributed by atoms with Crippen LogP contribution in [0.15, 0.2) is 89.5 Å². The predicted octanol–water partition coefficient (Wildman–Crippen LogP) is 5.49. The quantitative estimate of drug-likeness (QED) is 0.466. The lowest BCUT2D eigenvalue weighted by Gasteiger charge is -2.07. The second-order valence-corrected chi connectivity index (χ2v) is 5.73. The minimum atomic E-state index is 0.661. The van der Waals surface area contributed by atoms with Crippen LogP contribution in [0.1, 0.15) is 10.4 Å². The SMILES string of the molecule is O=Cc1ccc(-c2ccccc2-c2cc(-c3ccccc3)on2)cc1. The molecule has 0 radical (unpaired) electrons. The first-order chi connectivity index (χ1) is 12.3. The number of nitrogens with zero attached hydrogens (tertiary/aromatic N) is 1. The van der Waals surface area contributed by atoms with Crippen LogP contribution in [0.2, 0.25) is 0 Å². The fourth-order valence-electron chi connectivity index (χ4n) is 2.84. The van der Waals surface area contributed by atoms with Gasteiger partial charge in [0.05, 0.1) is 0 Å². The summed E-state index contributed by atoms with van der Waals surface area (Å²) in [6, 6.07) is 27.4. The first-order valence-electron chi connectivity index (χ1n) is 8.02. The van der Waals surface area contributed by atoms with Gasteiger partial charge in [0.2, 0.25) is 0 Å². The third-order valence-corrected chi connectivity index (χ3v) is 4.13. The molecular formula is C22H15NO2. The molecule has 1 heterocycles. The zero-order valence-corrected chi connectivity index (χ0v) is 13.4. The number of hydrogen-bond donors (Lipinski definition) is 0. The smallest absolute Gasteiger partial charge is 0.167 e. The molecule has 4 aromatic rings. The maximum atomic E-state index is 10.9. The molecule has 3 aromatic carbocycles. The van der Waals surface area contributed by atoms with Crippen LogP contribution in [0.4, 0.5) is 0 Å². The zero-order chi connectivity index (χ0) is 17.1. The normalized spacial score (nSPS) is 10.6. The summed E-state index contributed by atoms with van der Waals surface area (Å²) in [4.78, 5) is 10.9. The van der Waals surface area contributed by atoms with Gasteiger partial charge in [-0.1, -0.05) is 84.0 Å². The number of aldehydes is 1. The summed E-state index contributed by atoms with van der Waals surface area (Å²) < 4.78 is 5.54. The van der Waals surface area contributed by atoms with Crippen molar-refractivity contribution < 1.29 is 9.32 Å². The van der Waals surface area contributed by atoms with Gasteiger partial charge in [-0.05, 0) is 11.1 Å². The summed E-state index contributed by atoms with van der Waals surface area (Å²) in [7, 11) is 0. The molecule has 0 spiro atoms. The molecule has 0 saturated carbocycles. The van der Waals surface area contributed by atoms with Crippen LogP contribution in [-0.4, -0.2) is 11.4 Å². The standard InChI is InChI=1S/C22H15NO2/c24-15-16-10-12-17(13-11-16)19-8-4-5-9-20(19)21-14-22(25-23-21)18-6-2-1-3-7-18/h1-15H. The van der Waals surface area contributed by atoms with E-state index in [-0.39, 0.29) is 0 Å². The van der Waals surface area contributed by atoms with E-state index in [0.717, 1.165) is 40.0 Å². The second-order valence-electron chi connectivity index (χ2n) is 5.73. The summed E-state index contributed by atoms with van der Waals surface area (Å²) in [6.07, 6.45) is 0.847. The number of carbonyl (C=O) groups excluding carboxylic acids is 1. The molecule has 0 aliphatic heterocycles. The highest BCUT2D eigenvalue weighted by Crippen LogP contribution is 2.33. The van der Waals surface area contributed by atoms with Crippen molar-refractivity contribution in [3.8, 4) is 33.7 Å². The molecule has 0 amide bonds. The van der Waals surface area contributed by atoms with Crippen LogP contribution in [0.3, 0.4) is 0 Å². The van der Waals surface area contributed by atoms with E-state index >= 15 is 0 Å². The maximum Gasteiger partial charge on any atom is 0.167 e. The van der Waals surface area contributed by atoms with Gasteiger partial charge in [-0.25, -0.2) is 0 Å². The average molecular weight is 325 g/mol. The van der Waals surface area contributed by atoms with Crippen molar-refractivity contribution in [1.82, 2.24) is 5.16 Å². The monoisotopic (exact) mass is 325 g/mol. The Kier molecular flexibility index (Phi) is 3.97. The summed E-state index contributed by atoms with van der Waals surface area (Å²) in [5.74, 6) is 0.738. The molecule has 0 bridgehead atoms. The minimum absolute atomic E-state index is 0.661. The van der Waals surface area contributed by atoms with E-state index in [9.17, 15) is 4.79 Å². The van der Waals surface area contributed by atoms with Crippen molar-refractivity contribution >= 4 is 6.29 Å². The zero-order valence-electron chi connectivity index (χ0n) is 13.4. The van der Waals surface area contributed by atoms with E-state index in [1.165, 1.54) is 0 Å². The molecule has 0 aliphatic rings. The largest absolute Gasteiger partial charge is 0.356 e. The Labute approximate surface area is 145 Å². The summed E-state index contributed by atoms with van der Waals surface area (Å²) >= 11 is 0. The summed E-state index contributed by atoms with van der Waals surface area (Å²) in [5, 5.41) is 4.25. The van der Waals surface area contributed by atoms with E-state index in [1.54, 1.807) is 0 Å². The number of aromatic nitrogens is 1. The van der Waals surface area contributed by atoms with Crippen molar-refractivity contribution in [2.24, 2.45) is 0 Å². The molecule has 0 unspecified atom stereocenters. The van der Waals surface area contributed by atoms with E-state index in [1.807, 2.05) is 84.9 Å². The molecule has 0 N–H and O–H groups in total. The van der Waals surface area contributed by atoms with E-state index < -0.39 is 0 Å². The van der Waals surface area contributed by atoms with Crippen molar-refractivity contribution in [3.05, 3.63) is 90.5 Å². The number of carbonyl (C=O) groups is 1. The molecule has 0 fully saturated rings. The molecule has 0 atom stereocenters. The Hall–Kier alpha value is -3.46. The Morgan fingerprint density at radius 2 is 1.40 bits per heavy atom. The van der Waals surface area contributed by atoms with Gasteiger partial charge in [0.15, 0.2) is 5.76 Å². The number of hydrogen-bond acceptors (Lipinski definition) is 3. The lowest BCUT2D eigenvalue weighted by Crippen LogP contribution is -1.86. The van der Waals surface area contributed by atoms with Crippen molar-refractivity contribution in [3.63, 3.8) is 0 Å². The molecule has 0 saturated heterocycles. The van der Waals surface area contributed by atoms with Crippen LogP contribution in [0.25, 0.3) is 33.7 Å². The fourth-order valence-corrected chi connectivity index (χ4v) is 2.84. The van der Waals surface area contributed by atoms with Gasteiger partial charge in [0, 0.05) is 22.8 Å². The molecule has 3 heteroatoms. The van der Waals surface area contributed by atoms with Crippen LogP contribution in [0, 0.1) is 0 Å².